The number of nitrogens with zero attached hydrogens (tertiary/aromatic N) is 4. The lowest BCUT2D eigenvalue weighted by atomic mass is 9.86. The molecule has 3 aromatic rings. The zero-order valence-electron chi connectivity index (χ0n) is 22.2. The van der Waals surface area contributed by atoms with E-state index in [4.69, 9.17) is 33.9 Å². The molecule has 206 valence electrons. The number of ether oxygens (including phenoxy) is 2. The zero-order chi connectivity index (χ0) is 28.6. The van der Waals surface area contributed by atoms with Crippen molar-refractivity contribution >= 4 is 40.4 Å². The third kappa shape index (κ3) is 5.06. The highest BCUT2D eigenvalue weighted by atomic mass is 79.9. The lowest BCUT2D eigenvalue weighted by Crippen LogP contribution is -2.33. The molecule has 13 heteroatoms. The predicted molar refractivity (Wildman–Crippen MR) is 153 cm³/mol. The quantitative estimate of drug-likeness (QED) is 0.359. The number of aromatic hydroxyl groups is 2. The van der Waals surface area contributed by atoms with Crippen LogP contribution in [0.3, 0.4) is 0 Å². The fourth-order valence-corrected chi connectivity index (χ4v) is 5.01. The summed E-state index contributed by atoms with van der Waals surface area (Å²) in [5.74, 6) is -1.30. The first-order chi connectivity index (χ1) is 17.8. The molecule has 38 heavy (non-hydrogen) atoms. The number of halogens is 1. The molecule has 2 N–H and O–H groups in total. The summed E-state index contributed by atoms with van der Waals surface area (Å²) in [5, 5.41) is 22.4. The van der Waals surface area contributed by atoms with E-state index < -0.39 is 28.8 Å². The van der Waals surface area contributed by atoms with Crippen LogP contribution in [0.15, 0.2) is 26.2 Å². The summed E-state index contributed by atoms with van der Waals surface area (Å²) >= 11 is 14.1. The van der Waals surface area contributed by atoms with Gasteiger partial charge in [-0.05, 0) is 78.3 Å². The molecule has 0 aliphatic carbocycles. The summed E-state index contributed by atoms with van der Waals surface area (Å²) in [6.07, 6.45) is 0.640. The summed E-state index contributed by atoms with van der Waals surface area (Å²) in [6.45, 7) is 6.05. The van der Waals surface area contributed by atoms with E-state index in [9.17, 15) is 19.8 Å². The molecule has 0 spiro atoms. The van der Waals surface area contributed by atoms with Crippen molar-refractivity contribution in [1.29, 1.82) is 0 Å². The number of rotatable bonds is 8. The van der Waals surface area contributed by atoms with Gasteiger partial charge in [0.1, 0.15) is 0 Å². The van der Waals surface area contributed by atoms with Gasteiger partial charge < -0.3 is 19.7 Å². The van der Waals surface area contributed by atoms with E-state index in [0.29, 0.717) is 28.1 Å². The zero-order valence-corrected chi connectivity index (χ0v) is 25.5. The highest BCUT2D eigenvalue weighted by molar-refractivity contribution is 9.10. The van der Waals surface area contributed by atoms with Crippen LogP contribution < -0.4 is 20.6 Å². The molecule has 0 bridgehead atoms. The van der Waals surface area contributed by atoms with Crippen LogP contribution in [0.5, 0.6) is 23.3 Å². The van der Waals surface area contributed by atoms with E-state index in [1.807, 2.05) is 20.8 Å². The van der Waals surface area contributed by atoms with E-state index >= 15 is 0 Å². The fraction of sp³-hybridized carbons (Fsp3) is 0.440. The third-order valence-electron chi connectivity index (χ3n) is 6.47. The van der Waals surface area contributed by atoms with Gasteiger partial charge in [-0.2, -0.15) is 0 Å². The maximum absolute atomic E-state index is 13.6. The predicted octanol–water partition coefficient (Wildman–Crippen LogP) is 4.15. The second-order valence-electron chi connectivity index (χ2n) is 8.92. The summed E-state index contributed by atoms with van der Waals surface area (Å²) in [6, 6.07) is 3.31. The summed E-state index contributed by atoms with van der Waals surface area (Å²) in [4.78, 5) is 27.2. The van der Waals surface area contributed by atoms with Crippen molar-refractivity contribution in [3.05, 3.63) is 63.5 Å². The molecule has 3 rings (SSSR count). The number of hydrogen-bond donors (Lipinski definition) is 2. The molecule has 0 amide bonds. The fourth-order valence-electron chi connectivity index (χ4n) is 4.12. The maximum atomic E-state index is 13.6. The van der Waals surface area contributed by atoms with Gasteiger partial charge in [0.2, 0.25) is 11.8 Å². The summed E-state index contributed by atoms with van der Waals surface area (Å²) < 4.78 is 17.6. The Hall–Kier alpha value is -2.90. The molecule has 0 unspecified atom stereocenters. The van der Waals surface area contributed by atoms with Crippen LogP contribution in [-0.2, 0) is 28.2 Å². The molecular formula is C25H31BrN4O6S2. The average Bonchev–Trinajstić information content (AvgIpc) is 2.89. The monoisotopic (exact) mass is 626 g/mol. The van der Waals surface area contributed by atoms with Gasteiger partial charge >= 0.3 is 0 Å². The van der Waals surface area contributed by atoms with Crippen molar-refractivity contribution in [3.63, 3.8) is 0 Å². The molecule has 2 heterocycles. The van der Waals surface area contributed by atoms with Crippen molar-refractivity contribution in [3.8, 4) is 23.3 Å². The van der Waals surface area contributed by atoms with Crippen molar-refractivity contribution in [2.75, 3.05) is 6.61 Å². The van der Waals surface area contributed by atoms with Crippen LogP contribution in [-0.4, -0.2) is 41.2 Å². The van der Waals surface area contributed by atoms with E-state index in [1.54, 1.807) is 12.1 Å². The minimum absolute atomic E-state index is 0.0760. The number of hydrogen-bond acceptors (Lipinski definition) is 8. The summed E-state index contributed by atoms with van der Waals surface area (Å²) in [7, 11) is 5.96. The molecule has 0 fully saturated rings. The first-order valence-electron chi connectivity index (χ1n) is 11.9. The maximum Gasteiger partial charge on any atom is 0.262 e. The molecule has 0 aliphatic rings. The van der Waals surface area contributed by atoms with Crippen molar-refractivity contribution in [1.82, 2.24) is 18.3 Å². The van der Waals surface area contributed by atoms with Crippen LogP contribution >= 0.6 is 40.4 Å². The molecule has 0 radical (unpaired) electrons. The van der Waals surface area contributed by atoms with E-state index in [1.165, 1.54) is 46.5 Å². The molecule has 1 atom stereocenters. The minimum atomic E-state index is -1.23. The number of aromatic nitrogens is 4. The second kappa shape index (κ2) is 11.5. The third-order valence-corrected chi connectivity index (χ3v) is 8.16. The topological polar surface area (TPSA) is 113 Å². The number of benzene rings is 1. The Morgan fingerprint density at radius 1 is 0.895 bits per heavy atom. The van der Waals surface area contributed by atoms with Crippen molar-refractivity contribution < 1.29 is 19.7 Å². The summed E-state index contributed by atoms with van der Waals surface area (Å²) in [5.41, 5.74) is -1.19. The van der Waals surface area contributed by atoms with Crippen LogP contribution in [0, 0.1) is 9.54 Å². The molecule has 10 nitrogen and oxygen atoms in total. The molecular weight excluding hydrogens is 596 g/mol. The Morgan fingerprint density at radius 3 is 1.79 bits per heavy atom. The Kier molecular flexibility index (Phi) is 8.94. The average molecular weight is 628 g/mol. The van der Waals surface area contributed by atoms with Crippen LogP contribution in [0.25, 0.3) is 0 Å². The first kappa shape index (κ1) is 29.7. The highest BCUT2D eigenvalue weighted by Crippen LogP contribution is 2.44. The van der Waals surface area contributed by atoms with Crippen LogP contribution in [0.1, 0.15) is 49.8 Å². The Labute approximate surface area is 238 Å². The Morgan fingerprint density at radius 2 is 1.37 bits per heavy atom. The second-order valence-corrected chi connectivity index (χ2v) is 10.5. The van der Waals surface area contributed by atoms with Gasteiger partial charge in [0, 0.05) is 28.2 Å². The van der Waals surface area contributed by atoms with Crippen LogP contribution in [0.2, 0.25) is 0 Å². The minimum Gasteiger partial charge on any atom is -0.494 e. The van der Waals surface area contributed by atoms with Gasteiger partial charge in [0.25, 0.3) is 11.1 Å². The van der Waals surface area contributed by atoms with E-state index in [2.05, 4.69) is 15.9 Å². The molecule has 0 aliphatic heterocycles. The normalized spacial score (nSPS) is 12.1. The smallest absolute Gasteiger partial charge is 0.262 e. The van der Waals surface area contributed by atoms with Gasteiger partial charge in [-0.1, -0.05) is 6.92 Å². The van der Waals surface area contributed by atoms with E-state index in [-0.39, 0.29) is 26.8 Å². The first-order valence-corrected chi connectivity index (χ1v) is 13.5. The standard InChI is InChI=1S/C25H31BrN4O6S2/c1-8-12(3)36-19-14(26)10-13(11-15(19)35-9-2)16(17-20(31)27(4)24(37)28(5)21(17)32)18-22(33)29(6)25(38)30(7)23(18)34/h10-12,16,31,33H,8-9H2,1-7H3/t12-/m0/s1. The molecule has 1 aromatic carbocycles. The van der Waals surface area contributed by atoms with E-state index in [0.717, 1.165) is 6.42 Å². The molecule has 0 saturated heterocycles. The Balaban J connectivity index is 2.55. The van der Waals surface area contributed by atoms with Gasteiger partial charge in [-0.25, -0.2) is 0 Å². The highest BCUT2D eigenvalue weighted by Gasteiger charge is 2.33. The SMILES string of the molecule is CCOc1cc(C(c2c(O)n(C)c(=S)n(C)c2=O)c2c(O)n(C)c(=S)n(C)c2=O)cc(Br)c1O[C@@H](C)CC. The van der Waals surface area contributed by atoms with Gasteiger partial charge in [0.05, 0.1) is 34.2 Å². The van der Waals surface area contributed by atoms with Gasteiger partial charge in [-0.3, -0.25) is 27.9 Å². The van der Waals surface area contributed by atoms with Gasteiger partial charge in [0.15, 0.2) is 21.0 Å². The molecule has 2 aromatic heterocycles. The largest absolute Gasteiger partial charge is 0.494 e. The van der Waals surface area contributed by atoms with Gasteiger partial charge in [-0.15, -0.1) is 0 Å². The van der Waals surface area contributed by atoms with Crippen molar-refractivity contribution in [2.24, 2.45) is 28.2 Å². The van der Waals surface area contributed by atoms with Crippen LogP contribution in [0.4, 0.5) is 0 Å². The van der Waals surface area contributed by atoms with Crippen molar-refractivity contribution in [2.45, 2.75) is 39.2 Å². The molecule has 0 saturated carbocycles. The Bertz CT molecular complexity index is 1550. The lowest BCUT2D eigenvalue weighted by Gasteiger charge is -2.25. The lowest BCUT2D eigenvalue weighted by molar-refractivity contribution is 0.201.